The number of rotatable bonds is 8. The van der Waals surface area contributed by atoms with Crippen LogP contribution in [0.4, 0.5) is 0 Å². The van der Waals surface area contributed by atoms with E-state index in [1.165, 1.54) is 5.57 Å². The molecule has 0 spiro atoms. The molecular weight excluding hydrogens is 226 g/mol. The SMILES string of the molecule is COCCNCCC=C(C)c1ccccc1OC. The number of methoxy groups -OCH3 is 2. The van der Waals surface area contributed by atoms with Crippen LogP contribution in [0.1, 0.15) is 18.9 Å². The van der Waals surface area contributed by atoms with Crippen LogP contribution in [0, 0.1) is 0 Å². The van der Waals surface area contributed by atoms with Crippen molar-refractivity contribution in [3.8, 4) is 5.75 Å². The van der Waals surface area contributed by atoms with Crippen LogP contribution in [0.5, 0.6) is 5.75 Å². The molecular formula is C15H23NO2. The van der Waals surface area contributed by atoms with Crippen molar-refractivity contribution in [1.82, 2.24) is 5.32 Å². The lowest BCUT2D eigenvalue weighted by Gasteiger charge is -2.08. The van der Waals surface area contributed by atoms with E-state index in [1.54, 1.807) is 14.2 Å². The Labute approximate surface area is 110 Å². The summed E-state index contributed by atoms with van der Waals surface area (Å²) in [5.74, 6) is 0.929. The van der Waals surface area contributed by atoms with Gasteiger partial charge >= 0.3 is 0 Å². The average Bonchev–Trinajstić information content (AvgIpc) is 2.42. The van der Waals surface area contributed by atoms with Gasteiger partial charge in [0.05, 0.1) is 13.7 Å². The Morgan fingerprint density at radius 2 is 2.00 bits per heavy atom. The third-order valence-electron chi connectivity index (χ3n) is 2.79. The molecule has 0 amide bonds. The lowest BCUT2D eigenvalue weighted by atomic mass is 10.1. The summed E-state index contributed by atoms with van der Waals surface area (Å²) in [6.45, 7) is 4.75. The fourth-order valence-corrected chi connectivity index (χ4v) is 1.77. The highest BCUT2D eigenvalue weighted by molar-refractivity contribution is 5.68. The van der Waals surface area contributed by atoms with Gasteiger partial charge in [-0.05, 0) is 31.5 Å². The second-order valence-corrected chi connectivity index (χ2v) is 4.12. The summed E-state index contributed by atoms with van der Waals surface area (Å²) in [6, 6.07) is 8.10. The van der Waals surface area contributed by atoms with Gasteiger partial charge in [0.25, 0.3) is 0 Å². The summed E-state index contributed by atoms with van der Waals surface area (Å²) in [6.07, 6.45) is 3.24. The number of nitrogens with one attached hydrogen (secondary N) is 1. The van der Waals surface area contributed by atoms with Crippen LogP contribution in [0.3, 0.4) is 0 Å². The molecule has 1 rings (SSSR count). The first-order chi connectivity index (χ1) is 8.79. The molecule has 0 unspecified atom stereocenters. The highest BCUT2D eigenvalue weighted by Gasteiger charge is 2.02. The van der Waals surface area contributed by atoms with Crippen LogP contribution >= 0.6 is 0 Å². The van der Waals surface area contributed by atoms with Gasteiger partial charge in [-0.3, -0.25) is 0 Å². The van der Waals surface area contributed by atoms with Gasteiger partial charge in [-0.2, -0.15) is 0 Å². The van der Waals surface area contributed by atoms with Gasteiger partial charge < -0.3 is 14.8 Å². The number of hydrogen-bond donors (Lipinski definition) is 1. The molecule has 0 aliphatic carbocycles. The minimum absolute atomic E-state index is 0.759. The minimum Gasteiger partial charge on any atom is -0.496 e. The van der Waals surface area contributed by atoms with Gasteiger partial charge in [-0.1, -0.05) is 24.3 Å². The Balaban J connectivity index is 2.45. The van der Waals surface area contributed by atoms with E-state index in [0.29, 0.717) is 0 Å². The molecule has 3 heteroatoms. The average molecular weight is 249 g/mol. The molecule has 0 aliphatic heterocycles. The summed E-state index contributed by atoms with van der Waals surface area (Å²) in [5, 5.41) is 3.32. The number of allylic oxidation sites excluding steroid dienone is 1. The smallest absolute Gasteiger partial charge is 0.126 e. The Bertz CT molecular complexity index is 375. The van der Waals surface area contributed by atoms with Crippen molar-refractivity contribution in [2.24, 2.45) is 0 Å². The zero-order valence-electron chi connectivity index (χ0n) is 11.5. The van der Waals surface area contributed by atoms with E-state index >= 15 is 0 Å². The summed E-state index contributed by atoms with van der Waals surface area (Å²) in [4.78, 5) is 0. The van der Waals surface area contributed by atoms with Crippen LogP contribution in [-0.4, -0.2) is 33.9 Å². The zero-order chi connectivity index (χ0) is 13.2. The van der Waals surface area contributed by atoms with Crippen molar-refractivity contribution in [3.63, 3.8) is 0 Å². The van der Waals surface area contributed by atoms with Crippen LogP contribution in [0.25, 0.3) is 5.57 Å². The van der Waals surface area contributed by atoms with E-state index < -0.39 is 0 Å². The maximum Gasteiger partial charge on any atom is 0.126 e. The van der Waals surface area contributed by atoms with E-state index in [1.807, 2.05) is 18.2 Å². The molecule has 0 saturated heterocycles. The maximum atomic E-state index is 5.35. The quantitative estimate of drug-likeness (QED) is 0.719. The van der Waals surface area contributed by atoms with Crippen molar-refractivity contribution < 1.29 is 9.47 Å². The van der Waals surface area contributed by atoms with Crippen molar-refractivity contribution in [1.29, 1.82) is 0 Å². The van der Waals surface area contributed by atoms with Crippen LogP contribution in [0.15, 0.2) is 30.3 Å². The third kappa shape index (κ3) is 4.90. The van der Waals surface area contributed by atoms with Gasteiger partial charge in [0.2, 0.25) is 0 Å². The Morgan fingerprint density at radius 3 is 2.72 bits per heavy atom. The van der Waals surface area contributed by atoms with Gasteiger partial charge in [0, 0.05) is 19.2 Å². The van der Waals surface area contributed by atoms with Gasteiger partial charge in [-0.25, -0.2) is 0 Å². The fraction of sp³-hybridized carbons (Fsp3) is 0.467. The predicted octanol–water partition coefficient (Wildman–Crippen LogP) is 2.72. The van der Waals surface area contributed by atoms with Crippen LogP contribution < -0.4 is 10.1 Å². The van der Waals surface area contributed by atoms with E-state index in [9.17, 15) is 0 Å². The predicted molar refractivity (Wildman–Crippen MR) is 76.0 cm³/mol. The van der Waals surface area contributed by atoms with Crippen LogP contribution in [0.2, 0.25) is 0 Å². The second kappa shape index (κ2) is 8.72. The molecule has 0 aromatic heterocycles. The minimum atomic E-state index is 0.759. The molecule has 1 N–H and O–H groups in total. The van der Waals surface area contributed by atoms with Gasteiger partial charge in [0.15, 0.2) is 0 Å². The first-order valence-electron chi connectivity index (χ1n) is 6.29. The molecule has 0 bridgehead atoms. The van der Waals surface area contributed by atoms with Crippen molar-refractivity contribution in [2.75, 3.05) is 33.9 Å². The van der Waals surface area contributed by atoms with E-state index in [0.717, 1.165) is 37.4 Å². The molecule has 1 aromatic carbocycles. The largest absolute Gasteiger partial charge is 0.496 e. The topological polar surface area (TPSA) is 30.5 Å². The number of ether oxygens (including phenoxy) is 2. The molecule has 3 nitrogen and oxygen atoms in total. The number of hydrogen-bond acceptors (Lipinski definition) is 3. The lowest BCUT2D eigenvalue weighted by molar-refractivity contribution is 0.199. The van der Waals surface area contributed by atoms with E-state index in [-0.39, 0.29) is 0 Å². The highest BCUT2D eigenvalue weighted by atomic mass is 16.5. The van der Waals surface area contributed by atoms with E-state index in [2.05, 4.69) is 24.4 Å². The second-order valence-electron chi connectivity index (χ2n) is 4.12. The monoisotopic (exact) mass is 249 g/mol. The molecule has 0 radical (unpaired) electrons. The van der Waals surface area contributed by atoms with Crippen molar-refractivity contribution in [3.05, 3.63) is 35.9 Å². The fourth-order valence-electron chi connectivity index (χ4n) is 1.77. The Hall–Kier alpha value is -1.32. The van der Waals surface area contributed by atoms with Gasteiger partial charge in [0.1, 0.15) is 5.75 Å². The first kappa shape index (κ1) is 14.7. The van der Waals surface area contributed by atoms with Crippen molar-refractivity contribution in [2.45, 2.75) is 13.3 Å². The number of para-hydroxylation sites is 1. The highest BCUT2D eigenvalue weighted by Crippen LogP contribution is 2.25. The standard InChI is InChI=1S/C15H23NO2/c1-13(7-6-10-16-11-12-17-2)14-8-4-5-9-15(14)18-3/h4-5,7-9,16H,6,10-12H2,1-3H3. The lowest BCUT2D eigenvalue weighted by Crippen LogP contribution is -2.19. The van der Waals surface area contributed by atoms with Gasteiger partial charge in [-0.15, -0.1) is 0 Å². The summed E-state index contributed by atoms with van der Waals surface area (Å²) in [5.41, 5.74) is 2.41. The zero-order valence-corrected chi connectivity index (χ0v) is 11.5. The van der Waals surface area contributed by atoms with Crippen molar-refractivity contribution >= 4 is 5.57 Å². The molecule has 0 saturated carbocycles. The summed E-state index contributed by atoms with van der Waals surface area (Å²) in [7, 11) is 3.42. The molecule has 18 heavy (non-hydrogen) atoms. The molecule has 0 fully saturated rings. The number of benzene rings is 1. The molecule has 0 heterocycles. The molecule has 1 aromatic rings. The normalized spacial score (nSPS) is 11.6. The van der Waals surface area contributed by atoms with Crippen LogP contribution in [-0.2, 0) is 4.74 Å². The summed E-state index contributed by atoms with van der Waals surface area (Å²) >= 11 is 0. The third-order valence-corrected chi connectivity index (χ3v) is 2.79. The molecule has 0 atom stereocenters. The maximum absolute atomic E-state index is 5.35. The van der Waals surface area contributed by atoms with E-state index in [4.69, 9.17) is 9.47 Å². The molecule has 100 valence electrons. The Kier molecular flexibility index (Phi) is 7.14. The Morgan fingerprint density at radius 1 is 1.22 bits per heavy atom. The summed E-state index contributed by atoms with van der Waals surface area (Å²) < 4.78 is 10.3. The first-order valence-corrected chi connectivity index (χ1v) is 6.29. The molecule has 0 aliphatic rings.